The maximum Gasteiger partial charge on any atom is 0.356 e. The summed E-state index contributed by atoms with van der Waals surface area (Å²) in [5.74, 6) is 0.774. The smallest absolute Gasteiger partial charge is 0.356 e. The van der Waals surface area contributed by atoms with Crippen LogP contribution >= 0.6 is 0 Å². The van der Waals surface area contributed by atoms with E-state index in [1.54, 1.807) is 17.0 Å². The van der Waals surface area contributed by atoms with Crippen molar-refractivity contribution in [3.8, 4) is 11.6 Å². The summed E-state index contributed by atoms with van der Waals surface area (Å²) in [6, 6.07) is 0. The van der Waals surface area contributed by atoms with Gasteiger partial charge < -0.3 is 14.3 Å². The van der Waals surface area contributed by atoms with Crippen molar-refractivity contribution in [2.45, 2.75) is 0 Å². The summed E-state index contributed by atoms with van der Waals surface area (Å²) < 4.78 is 6.37. The summed E-state index contributed by atoms with van der Waals surface area (Å²) in [6.45, 7) is 0. The van der Waals surface area contributed by atoms with Crippen LogP contribution in [0, 0.1) is 0 Å². The van der Waals surface area contributed by atoms with Crippen LogP contribution in [-0.4, -0.2) is 32.6 Å². The van der Waals surface area contributed by atoms with Crippen molar-refractivity contribution in [2.75, 3.05) is 7.11 Å². The molecule has 0 amide bonds. The van der Waals surface area contributed by atoms with E-state index >= 15 is 0 Å². The fraction of sp³-hybridized carbons (Fsp3) is 0.222. The second-order valence-corrected chi connectivity index (χ2v) is 3.00. The molecule has 0 radical (unpaired) electrons. The molecule has 2 rings (SSSR count). The molecule has 2 aromatic rings. The van der Waals surface area contributed by atoms with E-state index in [1.807, 2.05) is 7.05 Å². The Morgan fingerprint density at radius 1 is 1.53 bits per heavy atom. The van der Waals surface area contributed by atoms with Gasteiger partial charge in [0, 0.05) is 19.4 Å². The minimum atomic E-state index is -0.442. The molecule has 78 valence electrons. The Bertz CT molecular complexity index is 486. The van der Waals surface area contributed by atoms with Crippen LogP contribution in [0.25, 0.3) is 11.6 Å². The Morgan fingerprint density at radius 3 is 2.93 bits per heavy atom. The van der Waals surface area contributed by atoms with Crippen molar-refractivity contribution in [2.24, 2.45) is 7.05 Å². The number of methoxy groups -OCH3 is 1. The van der Waals surface area contributed by atoms with Gasteiger partial charge in [0.05, 0.1) is 13.3 Å². The Labute approximate surface area is 85.9 Å². The van der Waals surface area contributed by atoms with Crippen molar-refractivity contribution in [1.82, 2.24) is 19.5 Å². The third-order valence-electron chi connectivity index (χ3n) is 2.01. The fourth-order valence-corrected chi connectivity index (χ4v) is 1.24. The number of nitrogens with one attached hydrogen (secondary N) is 1. The molecule has 0 atom stereocenters. The summed E-state index contributed by atoms with van der Waals surface area (Å²) >= 11 is 0. The molecule has 15 heavy (non-hydrogen) atoms. The lowest BCUT2D eigenvalue weighted by Gasteiger charge is -1.96. The number of nitrogens with zero attached hydrogens (tertiary/aromatic N) is 3. The summed E-state index contributed by atoms with van der Waals surface area (Å²) in [6.07, 6.45) is 4.89. The van der Waals surface area contributed by atoms with Gasteiger partial charge in [0.25, 0.3) is 0 Å². The van der Waals surface area contributed by atoms with E-state index in [4.69, 9.17) is 0 Å². The van der Waals surface area contributed by atoms with Crippen LogP contribution in [0.15, 0.2) is 18.6 Å². The molecule has 0 spiro atoms. The lowest BCUT2D eigenvalue weighted by atomic mass is 10.5. The summed E-state index contributed by atoms with van der Waals surface area (Å²) in [5, 5.41) is 0. The van der Waals surface area contributed by atoms with Crippen LogP contribution in [-0.2, 0) is 11.8 Å². The quantitative estimate of drug-likeness (QED) is 0.730. The van der Waals surface area contributed by atoms with Gasteiger partial charge >= 0.3 is 5.97 Å². The van der Waals surface area contributed by atoms with Gasteiger partial charge in [0.1, 0.15) is 5.69 Å². The van der Waals surface area contributed by atoms with Crippen molar-refractivity contribution in [1.29, 1.82) is 0 Å². The number of hydrogen-bond donors (Lipinski definition) is 1. The van der Waals surface area contributed by atoms with Gasteiger partial charge in [0.2, 0.25) is 0 Å². The number of aromatic nitrogens is 4. The zero-order valence-electron chi connectivity index (χ0n) is 8.39. The molecule has 0 unspecified atom stereocenters. The molecule has 0 aliphatic carbocycles. The number of H-pyrrole nitrogens is 1. The van der Waals surface area contributed by atoms with Crippen molar-refractivity contribution in [3.05, 3.63) is 24.3 Å². The van der Waals surface area contributed by atoms with Crippen molar-refractivity contribution in [3.63, 3.8) is 0 Å². The molecular formula is C9H10N4O2. The largest absolute Gasteiger partial charge is 0.464 e. The van der Waals surface area contributed by atoms with Crippen LogP contribution < -0.4 is 0 Å². The highest BCUT2D eigenvalue weighted by Crippen LogP contribution is 2.12. The van der Waals surface area contributed by atoms with Gasteiger partial charge in [-0.05, 0) is 0 Å². The number of imidazole rings is 2. The number of esters is 1. The molecule has 0 aliphatic heterocycles. The number of rotatable bonds is 2. The van der Waals surface area contributed by atoms with Crippen LogP contribution in [0.5, 0.6) is 0 Å². The highest BCUT2D eigenvalue weighted by molar-refractivity contribution is 5.87. The van der Waals surface area contributed by atoms with Crippen LogP contribution in [0.2, 0.25) is 0 Å². The number of aryl methyl sites for hydroxylation is 1. The maximum atomic E-state index is 11.2. The van der Waals surface area contributed by atoms with Crippen molar-refractivity contribution < 1.29 is 9.53 Å². The first-order valence-corrected chi connectivity index (χ1v) is 4.33. The predicted octanol–water partition coefficient (Wildman–Crippen LogP) is 0.597. The van der Waals surface area contributed by atoms with Gasteiger partial charge in [-0.25, -0.2) is 14.8 Å². The van der Waals surface area contributed by atoms with E-state index in [0.717, 1.165) is 0 Å². The number of hydrogen-bond acceptors (Lipinski definition) is 4. The third-order valence-corrected chi connectivity index (χ3v) is 2.01. The summed E-state index contributed by atoms with van der Waals surface area (Å²) in [4.78, 5) is 22.1. The lowest BCUT2D eigenvalue weighted by Crippen LogP contribution is -2.01. The average Bonchev–Trinajstić information content (AvgIpc) is 2.84. The molecule has 2 aromatic heterocycles. The summed E-state index contributed by atoms with van der Waals surface area (Å²) in [7, 11) is 3.17. The highest BCUT2D eigenvalue weighted by atomic mass is 16.5. The lowest BCUT2D eigenvalue weighted by molar-refractivity contribution is 0.0595. The minimum absolute atomic E-state index is 0.315. The van der Waals surface area contributed by atoms with E-state index in [9.17, 15) is 4.79 Å². The summed E-state index contributed by atoms with van der Waals surface area (Å²) in [5.41, 5.74) is 0.315. The molecule has 0 aliphatic rings. The van der Waals surface area contributed by atoms with Crippen LogP contribution in [0.3, 0.4) is 0 Å². The zero-order chi connectivity index (χ0) is 10.8. The molecular weight excluding hydrogens is 196 g/mol. The van der Waals surface area contributed by atoms with E-state index in [-0.39, 0.29) is 0 Å². The van der Waals surface area contributed by atoms with E-state index in [0.29, 0.717) is 17.3 Å². The standard InChI is InChI=1S/C9H10N4O2/c1-13-4-3-10-8(13)7-11-5-6(12-7)9(14)15-2/h3-5H,1-2H3,(H,11,12). The second-order valence-electron chi connectivity index (χ2n) is 3.00. The molecule has 0 fully saturated rings. The Morgan fingerprint density at radius 2 is 2.33 bits per heavy atom. The van der Waals surface area contributed by atoms with E-state index in [2.05, 4.69) is 19.7 Å². The van der Waals surface area contributed by atoms with E-state index in [1.165, 1.54) is 13.3 Å². The first-order chi connectivity index (χ1) is 7.22. The van der Waals surface area contributed by atoms with Crippen LogP contribution in [0.4, 0.5) is 0 Å². The number of aromatic amines is 1. The van der Waals surface area contributed by atoms with E-state index < -0.39 is 5.97 Å². The Kier molecular flexibility index (Phi) is 2.24. The fourth-order valence-electron chi connectivity index (χ4n) is 1.24. The predicted molar refractivity (Wildman–Crippen MR) is 52.1 cm³/mol. The monoisotopic (exact) mass is 206 g/mol. The molecule has 1 N–H and O–H groups in total. The third kappa shape index (κ3) is 1.61. The van der Waals surface area contributed by atoms with Gasteiger partial charge in [-0.3, -0.25) is 0 Å². The van der Waals surface area contributed by atoms with Crippen molar-refractivity contribution >= 4 is 5.97 Å². The number of carbonyl (C=O) groups is 1. The molecule has 2 heterocycles. The Balaban J connectivity index is 2.36. The normalized spacial score (nSPS) is 10.3. The highest BCUT2D eigenvalue weighted by Gasteiger charge is 2.12. The molecule has 0 saturated heterocycles. The van der Waals surface area contributed by atoms with Crippen LogP contribution in [0.1, 0.15) is 10.5 Å². The van der Waals surface area contributed by atoms with Gasteiger partial charge in [-0.1, -0.05) is 0 Å². The van der Waals surface area contributed by atoms with Gasteiger partial charge in [-0.15, -0.1) is 0 Å². The number of ether oxygens (including phenoxy) is 1. The minimum Gasteiger partial charge on any atom is -0.464 e. The second kappa shape index (κ2) is 3.56. The molecule has 0 saturated carbocycles. The number of carbonyl (C=O) groups excluding carboxylic acids is 1. The van der Waals surface area contributed by atoms with Gasteiger partial charge in [0.15, 0.2) is 11.6 Å². The first-order valence-electron chi connectivity index (χ1n) is 4.33. The SMILES string of the molecule is COC(=O)c1cnc(-c2nccn2C)[nH]1. The maximum absolute atomic E-state index is 11.2. The first kappa shape index (κ1) is 9.45. The molecule has 0 bridgehead atoms. The topological polar surface area (TPSA) is 72.8 Å². The van der Waals surface area contributed by atoms with Gasteiger partial charge in [-0.2, -0.15) is 0 Å². The average molecular weight is 206 g/mol. The molecule has 6 heteroatoms. The Hall–Kier alpha value is -2.11. The molecule has 0 aromatic carbocycles. The zero-order valence-corrected chi connectivity index (χ0v) is 8.39. The molecule has 6 nitrogen and oxygen atoms in total.